The molecule has 0 aliphatic heterocycles. The molecule has 2 heterocycles. The number of aliphatic carboxylic acids is 1. The van der Waals surface area contributed by atoms with E-state index in [0.717, 1.165) is 46.3 Å². The summed E-state index contributed by atoms with van der Waals surface area (Å²) in [4.78, 5) is 34.6. The topological polar surface area (TPSA) is 135 Å². The van der Waals surface area contributed by atoms with Crippen molar-refractivity contribution in [1.29, 1.82) is 0 Å². The van der Waals surface area contributed by atoms with E-state index in [1.165, 1.54) is 22.7 Å². The van der Waals surface area contributed by atoms with E-state index in [-0.39, 0.29) is 24.5 Å². The second-order valence-corrected chi connectivity index (χ2v) is 10.0. The molecule has 0 atom stereocenters. The molecule has 2 N–H and O–H groups in total. The zero-order valence-corrected chi connectivity index (χ0v) is 20.4. The Morgan fingerprint density at radius 2 is 1.41 bits per heavy atom. The van der Waals surface area contributed by atoms with Gasteiger partial charge in [0.15, 0.2) is 0 Å². The second-order valence-electron chi connectivity index (χ2n) is 7.82. The Balaban J connectivity index is 1.31. The maximum Gasteiger partial charge on any atom is 0.303 e. The van der Waals surface area contributed by atoms with Gasteiger partial charge in [-0.1, -0.05) is 41.7 Å². The molecule has 180 valence electrons. The van der Waals surface area contributed by atoms with Gasteiger partial charge in [0.25, 0.3) is 0 Å². The van der Waals surface area contributed by atoms with Crippen molar-refractivity contribution in [2.24, 2.45) is 0 Å². The number of nitrogens with one attached hydrogen (secondary N) is 1. The molecule has 0 aliphatic rings. The highest BCUT2D eigenvalue weighted by molar-refractivity contribution is 7.15. The lowest BCUT2D eigenvalue weighted by Crippen LogP contribution is -2.11. The maximum atomic E-state index is 12.2. The Kier molecular flexibility index (Phi) is 10.2. The van der Waals surface area contributed by atoms with Gasteiger partial charge in [-0.2, -0.15) is 0 Å². The van der Waals surface area contributed by atoms with Crippen LogP contribution in [-0.2, 0) is 40.1 Å². The molecule has 0 bridgehead atoms. The molecule has 9 nitrogen and oxygen atoms in total. The van der Waals surface area contributed by atoms with Gasteiger partial charge in [0, 0.05) is 32.1 Å². The fourth-order valence-electron chi connectivity index (χ4n) is 3.22. The van der Waals surface area contributed by atoms with Crippen LogP contribution in [0, 0.1) is 0 Å². The summed E-state index contributed by atoms with van der Waals surface area (Å²) in [5.74, 6) is -0.898. The van der Waals surface area contributed by atoms with Crippen LogP contribution >= 0.6 is 22.7 Å². The normalized spacial score (nSPS) is 10.8. The third kappa shape index (κ3) is 9.44. The molecule has 3 rings (SSSR count). The predicted molar refractivity (Wildman–Crippen MR) is 130 cm³/mol. The number of amides is 1. The molecular weight excluding hydrogens is 474 g/mol. The van der Waals surface area contributed by atoms with Crippen LogP contribution in [0.15, 0.2) is 30.3 Å². The van der Waals surface area contributed by atoms with Crippen LogP contribution in [0.5, 0.6) is 0 Å². The number of hydrogen-bond donors (Lipinski definition) is 2. The zero-order valence-electron chi connectivity index (χ0n) is 18.7. The van der Waals surface area contributed by atoms with Crippen molar-refractivity contribution in [1.82, 2.24) is 20.4 Å². The number of rotatable bonds is 15. The second kappa shape index (κ2) is 13.6. The van der Waals surface area contributed by atoms with Crippen molar-refractivity contribution in [2.45, 2.75) is 64.2 Å². The monoisotopic (exact) mass is 501 g/mol. The van der Waals surface area contributed by atoms with E-state index in [9.17, 15) is 14.4 Å². The first-order chi connectivity index (χ1) is 16.5. The third-order valence-electron chi connectivity index (χ3n) is 4.89. The summed E-state index contributed by atoms with van der Waals surface area (Å²) < 4.78 is 0. The number of unbranched alkanes of at least 4 members (excludes halogenated alkanes) is 2. The number of benzene rings is 1. The molecule has 3 aromatic rings. The summed E-state index contributed by atoms with van der Waals surface area (Å²) in [6.07, 6.45) is 5.43. The minimum Gasteiger partial charge on any atom is -0.481 e. The summed E-state index contributed by atoms with van der Waals surface area (Å²) in [6, 6.07) is 9.69. The summed E-state index contributed by atoms with van der Waals surface area (Å²) in [7, 11) is 0. The van der Waals surface area contributed by atoms with Gasteiger partial charge in [-0.3, -0.25) is 14.4 Å². The van der Waals surface area contributed by atoms with Crippen LogP contribution in [0.25, 0.3) is 0 Å². The lowest BCUT2D eigenvalue weighted by Gasteiger charge is -2.00. The molecule has 2 aromatic heterocycles. The Morgan fingerprint density at radius 3 is 2.15 bits per heavy atom. The molecule has 0 saturated carbocycles. The van der Waals surface area contributed by atoms with Crippen LogP contribution in [-0.4, -0.2) is 43.2 Å². The van der Waals surface area contributed by atoms with E-state index in [1.54, 1.807) is 0 Å². The number of carbonyl (C=O) groups is 3. The fraction of sp³-hybridized carbons (Fsp3) is 0.435. The highest BCUT2D eigenvalue weighted by atomic mass is 32.1. The summed E-state index contributed by atoms with van der Waals surface area (Å²) in [5, 5.41) is 30.8. The number of carbonyl (C=O) groups excluding carboxylic acids is 2. The van der Waals surface area contributed by atoms with Crippen LogP contribution in [0.1, 0.15) is 59.1 Å². The molecule has 0 fully saturated rings. The van der Waals surface area contributed by atoms with Gasteiger partial charge in [-0.25, -0.2) is 0 Å². The lowest BCUT2D eigenvalue weighted by molar-refractivity contribution is -0.137. The first-order valence-electron chi connectivity index (χ1n) is 11.2. The Labute approximate surface area is 205 Å². The average Bonchev–Trinajstić information content (AvgIpc) is 3.44. The Morgan fingerprint density at radius 1 is 0.765 bits per heavy atom. The number of hydrogen-bond acceptors (Lipinski definition) is 9. The van der Waals surface area contributed by atoms with Crippen molar-refractivity contribution in [2.75, 3.05) is 5.32 Å². The molecular formula is C23H27N5O4S2. The maximum absolute atomic E-state index is 12.2. The predicted octanol–water partition coefficient (Wildman–Crippen LogP) is 3.89. The number of nitrogens with zero attached hydrogens (tertiary/aromatic N) is 4. The van der Waals surface area contributed by atoms with E-state index in [0.29, 0.717) is 30.8 Å². The Bertz CT molecular complexity index is 1080. The van der Waals surface area contributed by atoms with Crippen molar-refractivity contribution >= 4 is 45.5 Å². The number of Topliss-reactive ketones (excluding diaryl/α,β-unsaturated/α-hetero) is 1. The highest BCUT2D eigenvalue weighted by Gasteiger charge is 2.11. The third-order valence-corrected chi connectivity index (χ3v) is 6.77. The van der Waals surface area contributed by atoms with E-state index >= 15 is 0 Å². The fourth-order valence-corrected chi connectivity index (χ4v) is 4.93. The highest BCUT2D eigenvalue weighted by Crippen LogP contribution is 2.19. The van der Waals surface area contributed by atoms with E-state index in [1.807, 2.05) is 30.3 Å². The van der Waals surface area contributed by atoms with Crippen LogP contribution < -0.4 is 5.32 Å². The van der Waals surface area contributed by atoms with Gasteiger partial charge in [0.1, 0.15) is 20.8 Å². The van der Waals surface area contributed by atoms with Crippen molar-refractivity contribution in [3.8, 4) is 0 Å². The van der Waals surface area contributed by atoms with Gasteiger partial charge in [0.05, 0.1) is 6.42 Å². The molecule has 1 amide bonds. The van der Waals surface area contributed by atoms with E-state index in [2.05, 4.69) is 25.7 Å². The molecule has 0 radical (unpaired) electrons. The smallest absolute Gasteiger partial charge is 0.303 e. The van der Waals surface area contributed by atoms with E-state index < -0.39 is 5.97 Å². The largest absolute Gasteiger partial charge is 0.481 e. The van der Waals surface area contributed by atoms with Crippen LogP contribution in [0.2, 0.25) is 0 Å². The first-order valence-corrected chi connectivity index (χ1v) is 12.8. The van der Waals surface area contributed by atoms with E-state index in [4.69, 9.17) is 5.11 Å². The van der Waals surface area contributed by atoms with Crippen LogP contribution in [0.3, 0.4) is 0 Å². The standard InChI is InChI=1S/C23H27N5O4S2/c29-17(14-16-8-2-1-3-9-16)15-21-27-25-19(33-21)11-5-6-12-20-26-28-23(34-20)24-18(30)10-4-7-13-22(31)32/h1-3,8-9H,4-7,10-15H2,(H,31,32)(H,24,28,30). The molecule has 11 heteroatoms. The molecule has 0 unspecified atom stereocenters. The van der Waals surface area contributed by atoms with Gasteiger partial charge in [0.2, 0.25) is 11.0 Å². The first kappa shape index (κ1) is 25.6. The molecule has 0 spiro atoms. The lowest BCUT2D eigenvalue weighted by atomic mass is 10.1. The number of aryl methyl sites for hydroxylation is 2. The minimum atomic E-state index is -0.852. The summed E-state index contributed by atoms with van der Waals surface area (Å²) >= 11 is 2.84. The summed E-state index contributed by atoms with van der Waals surface area (Å²) in [6.45, 7) is 0. The van der Waals surface area contributed by atoms with Crippen LogP contribution in [0.4, 0.5) is 5.13 Å². The molecule has 1 aromatic carbocycles. The van der Waals surface area contributed by atoms with Gasteiger partial charge in [-0.15, -0.1) is 31.7 Å². The molecule has 0 aliphatic carbocycles. The quantitative estimate of drug-likeness (QED) is 0.299. The van der Waals surface area contributed by atoms with Gasteiger partial charge in [-0.05, 0) is 31.2 Å². The number of carboxylic acids is 1. The number of aromatic nitrogens is 4. The van der Waals surface area contributed by atoms with Crippen molar-refractivity contribution in [3.63, 3.8) is 0 Å². The number of ketones is 1. The molecule has 34 heavy (non-hydrogen) atoms. The minimum absolute atomic E-state index is 0.0704. The number of carboxylic acid groups (broad SMARTS) is 1. The SMILES string of the molecule is O=C(O)CCCCC(=O)Nc1nnc(CCCCc2nnc(CC(=O)Cc3ccccc3)s2)s1. The zero-order chi connectivity index (χ0) is 24.2. The molecule has 0 saturated heterocycles. The van der Waals surface area contributed by atoms with Gasteiger partial charge >= 0.3 is 5.97 Å². The average molecular weight is 502 g/mol. The van der Waals surface area contributed by atoms with Crippen molar-refractivity contribution in [3.05, 3.63) is 50.9 Å². The Hall–Kier alpha value is -3.05. The van der Waals surface area contributed by atoms with Gasteiger partial charge < -0.3 is 10.4 Å². The summed E-state index contributed by atoms with van der Waals surface area (Å²) in [5.41, 5.74) is 1.01. The number of anilines is 1. The van der Waals surface area contributed by atoms with Crippen molar-refractivity contribution < 1.29 is 19.5 Å².